The molecule has 32 heavy (non-hydrogen) atoms. The summed E-state index contributed by atoms with van der Waals surface area (Å²) in [5, 5.41) is 10.3. The molecule has 7 heteroatoms. The highest BCUT2D eigenvalue weighted by Crippen LogP contribution is 2.50. The average molecular weight is 439 g/mol. The van der Waals surface area contributed by atoms with Crippen molar-refractivity contribution in [2.45, 2.75) is 57.5 Å². The van der Waals surface area contributed by atoms with Gasteiger partial charge in [0.05, 0.1) is 17.9 Å². The normalized spacial score (nSPS) is 30.9. The van der Waals surface area contributed by atoms with Gasteiger partial charge in [-0.15, -0.1) is 0 Å². The van der Waals surface area contributed by atoms with Crippen molar-refractivity contribution >= 4 is 29.8 Å². The van der Waals surface area contributed by atoms with Gasteiger partial charge in [0.1, 0.15) is 0 Å². The fourth-order valence-corrected chi connectivity index (χ4v) is 5.76. The molecule has 1 aromatic rings. The maximum atomic E-state index is 13.7. The Bertz CT molecular complexity index is 952. The molecular weight excluding hydrogens is 408 g/mol. The number of carbonyl (C=O) groups is 4. The summed E-state index contributed by atoms with van der Waals surface area (Å²) in [4.78, 5) is 55.3. The zero-order valence-electron chi connectivity index (χ0n) is 18.6. The van der Waals surface area contributed by atoms with Gasteiger partial charge in [-0.2, -0.15) is 0 Å². The van der Waals surface area contributed by atoms with E-state index >= 15 is 0 Å². The Labute approximate surface area is 188 Å². The number of benzene rings is 1. The summed E-state index contributed by atoms with van der Waals surface area (Å²) >= 11 is 0. The van der Waals surface area contributed by atoms with Crippen molar-refractivity contribution in [3.05, 3.63) is 42.0 Å². The second-order valence-electron chi connectivity index (χ2n) is 9.18. The number of nitrogens with zero attached hydrogens (tertiary/aromatic N) is 2. The van der Waals surface area contributed by atoms with E-state index in [4.69, 9.17) is 0 Å². The van der Waals surface area contributed by atoms with E-state index in [1.54, 1.807) is 13.0 Å². The summed E-state index contributed by atoms with van der Waals surface area (Å²) in [6, 6.07) is 8.66. The van der Waals surface area contributed by atoms with Gasteiger partial charge in [0.25, 0.3) is 0 Å². The molecule has 0 bridgehead atoms. The Morgan fingerprint density at radius 2 is 1.75 bits per heavy atom. The van der Waals surface area contributed by atoms with Gasteiger partial charge in [-0.25, -0.2) is 4.79 Å². The van der Waals surface area contributed by atoms with Crippen LogP contribution in [0.25, 0.3) is 6.08 Å². The fourth-order valence-electron chi connectivity index (χ4n) is 5.76. The van der Waals surface area contributed by atoms with Crippen LogP contribution in [0.5, 0.6) is 0 Å². The van der Waals surface area contributed by atoms with Crippen LogP contribution >= 0.6 is 0 Å². The molecule has 3 fully saturated rings. The van der Waals surface area contributed by atoms with Crippen molar-refractivity contribution in [1.82, 2.24) is 9.80 Å². The number of aliphatic carboxylic acids is 1. The summed E-state index contributed by atoms with van der Waals surface area (Å²) in [7, 11) is 0. The number of hydrogen-bond donors (Lipinski definition) is 1. The van der Waals surface area contributed by atoms with Gasteiger partial charge in [0, 0.05) is 12.5 Å². The second kappa shape index (κ2) is 8.52. The minimum atomic E-state index is -1.78. The second-order valence-corrected chi connectivity index (χ2v) is 9.18. The predicted molar refractivity (Wildman–Crippen MR) is 118 cm³/mol. The predicted octanol–water partition coefficient (Wildman–Crippen LogP) is 2.96. The molecule has 2 aliphatic heterocycles. The molecule has 0 aromatic heterocycles. The van der Waals surface area contributed by atoms with E-state index in [1.165, 1.54) is 11.8 Å². The number of hydrogen-bond acceptors (Lipinski definition) is 4. The van der Waals surface area contributed by atoms with Crippen LogP contribution < -0.4 is 0 Å². The summed E-state index contributed by atoms with van der Waals surface area (Å²) in [6.07, 6.45) is 7.87. The standard InChI is InChI=1S/C25H30N2O5/c1-3-26-22(29)19-18(15-14-16-10-6-4-7-11-16)27(21(28)17-12-8-5-9-13-17)25(2,24(31)32)20(19)23(26)30/h4,6-7,10-11,14-15,17-20H,3,5,8-9,12-13H2,1-2H3,(H,31,32). The smallest absolute Gasteiger partial charge is 0.330 e. The monoisotopic (exact) mass is 438 g/mol. The van der Waals surface area contributed by atoms with E-state index in [0.29, 0.717) is 12.8 Å². The SMILES string of the molecule is CCN1C(=O)C2C(C=Cc3ccccc3)N(C(=O)C3CCCCC3)C(C)(C(=O)O)C2C1=O. The van der Waals surface area contributed by atoms with Gasteiger partial charge in [0.2, 0.25) is 17.7 Å². The van der Waals surface area contributed by atoms with Gasteiger partial charge >= 0.3 is 5.97 Å². The zero-order chi connectivity index (χ0) is 23.0. The van der Waals surface area contributed by atoms with Crippen molar-refractivity contribution in [2.75, 3.05) is 6.54 Å². The molecule has 4 unspecified atom stereocenters. The van der Waals surface area contributed by atoms with Crippen molar-refractivity contribution in [3.8, 4) is 0 Å². The van der Waals surface area contributed by atoms with Crippen molar-refractivity contribution < 1.29 is 24.3 Å². The van der Waals surface area contributed by atoms with Crippen LogP contribution in [-0.4, -0.2) is 56.7 Å². The quantitative estimate of drug-likeness (QED) is 0.713. The first kappa shape index (κ1) is 22.2. The van der Waals surface area contributed by atoms with Crippen molar-refractivity contribution in [3.63, 3.8) is 0 Å². The fraction of sp³-hybridized carbons (Fsp3) is 0.520. The Kier molecular flexibility index (Phi) is 5.93. The number of amides is 3. The molecule has 0 radical (unpaired) electrons. The van der Waals surface area contributed by atoms with Crippen molar-refractivity contribution in [2.24, 2.45) is 17.8 Å². The van der Waals surface area contributed by atoms with Crippen LogP contribution in [0.2, 0.25) is 0 Å². The summed E-state index contributed by atoms with van der Waals surface area (Å²) < 4.78 is 0. The lowest BCUT2D eigenvalue weighted by Gasteiger charge is -2.40. The lowest BCUT2D eigenvalue weighted by atomic mass is 9.80. The van der Waals surface area contributed by atoms with Crippen LogP contribution in [-0.2, 0) is 19.2 Å². The molecule has 1 N–H and O–H groups in total. The molecule has 7 nitrogen and oxygen atoms in total. The Hall–Kier alpha value is -2.96. The third kappa shape index (κ3) is 3.34. The Morgan fingerprint density at radius 3 is 2.34 bits per heavy atom. The molecule has 0 spiro atoms. The average Bonchev–Trinajstić information content (AvgIpc) is 3.22. The topological polar surface area (TPSA) is 95.0 Å². The van der Waals surface area contributed by atoms with Crippen LogP contribution in [0.3, 0.4) is 0 Å². The molecule has 3 aliphatic rings. The molecule has 3 amide bonds. The highest BCUT2D eigenvalue weighted by molar-refractivity contribution is 6.10. The van der Waals surface area contributed by atoms with Gasteiger partial charge in [-0.3, -0.25) is 19.3 Å². The first-order valence-electron chi connectivity index (χ1n) is 11.5. The van der Waals surface area contributed by atoms with Crippen LogP contribution in [0.15, 0.2) is 36.4 Å². The lowest BCUT2D eigenvalue weighted by Crippen LogP contribution is -2.60. The molecule has 4 rings (SSSR count). The maximum absolute atomic E-state index is 13.7. The summed E-state index contributed by atoms with van der Waals surface area (Å²) in [5.74, 6) is -4.65. The number of carbonyl (C=O) groups excluding carboxylic acids is 3. The van der Waals surface area contributed by atoms with Gasteiger partial charge in [-0.05, 0) is 32.3 Å². The van der Waals surface area contributed by atoms with Crippen molar-refractivity contribution in [1.29, 1.82) is 0 Å². The van der Waals surface area contributed by atoms with Gasteiger partial charge < -0.3 is 10.0 Å². The minimum absolute atomic E-state index is 0.187. The van der Waals surface area contributed by atoms with E-state index in [0.717, 1.165) is 29.7 Å². The molecule has 1 saturated carbocycles. The highest BCUT2D eigenvalue weighted by atomic mass is 16.4. The minimum Gasteiger partial charge on any atom is -0.479 e. The number of imide groups is 1. The molecule has 4 atom stereocenters. The summed E-state index contributed by atoms with van der Waals surface area (Å²) in [6.45, 7) is 3.33. The van der Waals surface area contributed by atoms with Gasteiger partial charge in [-0.1, -0.05) is 61.7 Å². The highest BCUT2D eigenvalue weighted by Gasteiger charge is 2.70. The van der Waals surface area contributed by atoms with Crippen LogP contribution in [0, 0.1) is 17.8 Å². The number of carboxylic acids is 1. The van der Waals surface area contributed by atoms with E-state index in [1.807, 2.05) is 36.4 Å². The third-order valence-corrected chi connectivity index (χ3v) is 7.44. The first-order valence-corrected chi connectivity index (χ1v) is 11.5. The number of likely N-dealkylation sites (tertiary alicyclic amines) is 2. The first-order chi connectivity index (χ1) is 15.3. The number of rotatable bonds is 5. The summed E-state index contributed by atoms with van der Waals surface area (Å²) in [5.41, 5.74) is -0.899. The molecular formula is C25H30N2O5. The Morgan fingerprint density at radius 1 is 1.09 bits per heavy atom. The third-order valence-electron chi connectivity index (χ3n) is 7.44. The van der Waals surface area contributed by atoms with Crippen LogP contribution in [0.1, 0.15) is 51.5 Å². The molecule has 2 saturated heterocycles. The van der Waals surface area contributed by atoms with E-state index < -0.39 is 41.2 Å². The Balaban J connectivity index is 1.82. The van der Waals surface area contributed by atoms with E-state index in [2.05, 4.69) is 0 Å². The maximum Gasteiger partial charge on any atom is 0.330 e. The molecule has 2 heterocycles. The number of carboxylic acid groups (broad SMARTS) is 1. The molecule has 1 aromatic carbocycles. The molecule has 1 aliphatic carbocycles. The lowest BCUT2D eigenvalue weighted by molar-refractivity contribution is -0.164. The van der Waals surface area contributed by atoms with Crippen LogP contribution in [0.4, 0.5) is 0 Å². The van der Waals surface area contributed by atoms with Gasteiger partial charge in [0.15, 0.2) is 5.54 Å². The number of fused-ring (bicyclic) bond motifs is 1. The van der Waals surface area contributed by atoms with E-state index in [9.17, 15) is 24.3 Å². The largest absolute Gasteiger partial charge is 0.479 e. The zero-order valence-corrected chi connectivity index (χ0v) is 18.6. The molecule has 170 valence electrons. The van der Waals surface area contributed by atoms with E-state index in [-0.39, 0.29) is 18.4 Å².